The summed E-state index contributed by atoms with van der Waals surface area (Å²) in [7, 11) is 0. The largest absolute Gasteiger partial charge is 0.312 e. The van der Waals surface area contributed by atoms with Crippen molar-refractivity contribution in [1.29, 1.82) is 0 Å². The van der Waals surface area contributed by atoms with E-state index in [0.29, 0.717) is 0 Å². The minimum atomic E-state index is 0.720. The highest BCUT2D eigenvalue weighted by atomic mass is 32.2. The highest BCUT2D eigenvalue weighted by molar-refractivity contribution is 7.99. The number of hydrogen-bond donors (Lipinski definition) is 1. The second kappa shape index (κ2) is 12.1. The lowest BCUT2D eigenvalue weighted by Crippen LogP contribution is -2.18. The molecule has 2 heteroatoms. The molecule has 120 valence electrons. The van der Waals surface area contributed by atoms with Gasteiger partial charge in [-0.25, -0.2) is 0 Å². The van der Waals surface area contributed by atoms with Crippen molar-refractivity contribution in [3.05, 3.63) is 29.8 Å². The first-order chi connectivity index (χ1) is 10.2. The average Bonchev–Trinajstić information content (AvgIpc) is 2.47. The summed E-state index contributed by atoms with van der Waals surface area (Å²) >= 11 is 2.00. The van der Waals surface area contributed by atoms with Gasteiger partial charge in [0.25, 0.3) is 0 Å². The van der Waals surface area contributed by atoms with Crippen LogP contribution in [0.3, 0.4) is 0 Å². The van der Waals surface area contributed by atoms with Gasteiger partial charge in [0.2, 0.25) is 0 Å². The quantitative estimate of drug-likeness (QED) is 0.382. The number of nitrogens with one attached hydrogen (secondary N) is 1. The van der Waals surface area contributed by atoms with Crippen molar-refractivity contribution < 1.29 is 0 Å². The third-order valence-corrected chi connectivity index (χ3v) is 4.67. The Hall–Kier alpha value is -0.470. The zero-order valence-corrected chi connectivity index (χ0v) is 15.0. The fourth-order valence-corrected chi connectivity index (χ4v) is 3.19. The Kier molecular flexibility index (Phi) is 10.7. The van der Waals surface area contributed by atoms with Crippen molar-refractivity contribution in [2.45, 2.75) is 70.7 Å². The van der Waals surface area contributed by atoms with Crippen molar-refractivity contribution in [1.82, 2.24) is 5.32 Å². The molecule has 0 radical (unpaired) electrons. The lowest BCUT2D eigenvalue weighted by molar-refractivity contribution is 0.552. The molecule has 0 aliphatic heterocycles. The Bertz CT molecular complexity index is 345. The molecule has 0 amide bonds. The number of benzene rings is 1. The second-order valence-electron chi connectivity index (χ2n) is 6.28. The molecule has 0 aliphatic rings. The maximum Gasteiger partial charge on any atom is 0.0205 e. The highest BCUT2D eigenvalue weighted by Gasteiger charge is 1.98. The normalized spacial score (nSPS) is 11.2. The molecular formula is C19H33NS. The van der Waals surface area contributed by atoms with Crippen LogP contribution in [0.1, 0.15) is 64.9 Å². The van der Waals surface area contributed by atoms with Crippen LogP contribution in [0, 0.1) is 5.92 Å². The molecule has 0 aliphatic carbocycles. The first kappa shape index (κ1) is 18.6. The van der Waals surface area contributed by atoms with E-state index in [-0.39, 0.29) is 0 Å². The maximum atomic E-state index is 3.49. The van der Waals surface area contributed by atoms with E-state index in [1.165, 1.54) is 54.7 Å². The van der Waals surface area contributed by atoms with E-state index in [1.807, 2.05) is 11.8 Å². The fraction of sp³-hybridized carbons (Fsp3) is 0.684. The lowest BCUT2D eigenvalue weighted by Gasteiger charge is -2.08. The van der Waals surface area contributed by atoms with Crippen LogP contribution in [0.15, 0.2) is 29.2 Å². The average molecular weight is 308 g/mol. The number of rotatable bonds is 12. The van der Waals surface area contributed by atoms with E-state index in [9.17, 15) is 0 Å². The van der Waals surface area contributed by atoms with E-state index >= 15 is 0 Å². The van der Waals surface area contributed by atoms with Gasteiger partial charge in [-0.05, 0) is 42.3 Å². The van der Waals surface area contributed by atoms with Gasteiger partial charge < -0.3 is 5.32 Å². The molecule has 0 bridgehead atoms. The summed E-state index contributed by atoms with van der Waals surface area (Å²) in [5.41, 5.74) is 1.39. The molecule has 0 unspecified atom stereocenters. The summed E-state index contributed by atoms with van der Waals surface area (Å²) < 4.78 is 0. The SMILES string of the molecule is CCCCCCCCSc1ccc(CNCC(C)C)cc1. The highest BCUT2D eigenvalue weighted by Crippen LogP contribution is 2.20. The Morgan fingerprint density at radius 2 is 1.62 bits per heavy atom. The van der Waals surface area contributed by atoms with Gasteiger partial charge in [-0.1, -0.05) is 65.0 Å². The van der Waals surface area contributed by atoms with E-state index in [0.717, 1.165) is 19.0 Å². The molecule has 0 saturated heterocycles. The first-order valence-corrected chi connectivity index (χ1v) is 9.63. The van der Waals surface area contributed by atoms with Crippen LogP contribution in [0.2, 0.25) is 0 Å². The molecule has 0 aromatic heterocycles. The molecule has 1 aromatic rings. The summed E-state index contributed by atoms with van der Waals surface area (Å²) in [6, 6.07) is 9.07. The Labute approximate surface area is 136 Å². The van der Waals surface area contributed by atoms with Gasteiger partial charge in [0, 0.05) is 11.4 Å². The van der Waals surface area contributed by atoms with Crippen molar-refractivity contribution in [3.63, 3.8) is 0 Å². The minimum absolute atomic E-state index is 0.720. The van der Waals surface area contributed by atoms with Crippen LogP contribution >= 0.6 is 11.8 Å². The Balaban J connectivity index is 2.10. The lowest BCUT2D eigenvalue weighted by atomic mass is 10.1. The number of thioether (sulfide) groups is 1. The van der Waals surface area contributed by atoms with Gasteiger partial charge in [-0.15, -0.1) is 11.8 Å². The number of unbranched alkanes of at least 4 members (excludes halogenated alkanes) is 5. The molecule has 0 heterocycles. The van der Waals surface area contributed by atoms with Gasteiger partial charge in [-0.2, -0.15) is 0 Å². The molecule has 0 atom stereocenters. The van der Waals surface area contributed by atoms with Crippen molar-refractivity contribution in [3.8, 4) is 0 Å². The minimum Gasteiger partial charge on any atom is -0.312 e. The summed E-state index contributed by atoms with van der Waals surface area (Å²) in [5.74, 6) is 1.98. The molecule has 21 heavy (non-hydrogen) atoms. The molecule has 0 fully saturated rings. The van der Waals surface area contributed by atoms with E-state index in [4.69, 9.17) is 0 Å². The molecule has 0 saturated carbocycles. The Morgan fingerprint density at radius 1 is 0.952 bits per heavy atom. The van der Waals surface area contributed by atoms with Gasteiger partial charge >= 0.3 is 0 Å². The smallest absolute Gasteiger partial charge is 0.0205 e. The molecule has 1 rings (SSSR count). The topological polar surface area (TPSA) is 12.0 Å². The first-order valence-electron chi connectivity index (χ1n) is 8.64. The summed E-state index contributed by atoms with van der Waals surface area (Å²) in [6.07, 6.45) is 8.32. The summed E-state index contributed by atoms with van der Waals surface area (Å²) in [6.45, 7) is 8.84. The van der Waals surface area contributed by atoms with Crippen LogP contribution in [-0.2, 0) is 6.54 Å². The Morgan fingerprint density at radius 3 is 2.29 bits per heavy atom. The van der Waals surface area contributed by atoms with E-state index in [2.05, 4.69) is 50.4 Å². The third-order valence-electron chi connectivity index (χ3n) is 3.57. The number of hydrogen-bond acceptors (Lipinski definition) is 2. The fourth-order valence-electron chi connectivity index (χ4n) is 2.28. The van der Waals surface area contributed by atoms with Crippen molar-refractivity contribution in [2.75, 3.05) is 12.3 Å². The predicted octanol–water partition coefficient (Wildman–Crippen LogP) is 5.88. The van der Waals surface area contributed by atoms with Crippen LogP contribution in [-0.4, -0.2) is 12.3 Å². The second-order valence-corrected chi connectivity index (χ2v) is 7.45. The van der Waals surface area contributed by atoms with Crippen molar-refractivity contribution in [2.24, 2.45) is 5.92 Å². The maximum absolute atomic E-state index is 3.49. The predicted molar refractivity (Wildman–Crippen MR) is 97.1 cm³/mol. The van der Waals surface area contributed by atoms with Gasteiger partial charge in [0.05, 0.1) is 0 Å². The summed E-state index contributed by atoms with van der Waals surface area (Å²) in [5, 5.41) is 3.49. The zero-order valence-electron chi connectivity index (χ0n) is 14.2. The molecule has 1 aromatic carbocycles. The van der Waals surface area contributed by atoms with Crippen LogP contribution in [0.5, 0.6) is 0 Å². The zero-order chi connectivity index (χ0) is 15.3. The molecule has 0 spiro atoms. The molecular weight excluding hydrogens is 274 g/mol. The van der Waals surface area contributed by atoms with Crippen molar-refractivity contribution >= 4 is 11.8 Å². The third kappa shape index (κ3) is 9.97. The monoisotopic (exact) mass is 307 g/mol. The summed E-state index contributed by atoms with van der Waals surface area (Å²) in [4.78, 5) is 1.41. The van der Waals surface area contributed by atoms with E-state index < -0.39 is 0 Å². The van der Waals surface area contributed by atoms with Gasteiger partial charge in [0.1, 0.15) is 0 Å². The van der Waals surface area contributed by atoms with E-state index in [1.54, 1.807) is 0 Å². The van der Waals surface area contributed by atoms with Crippen LogP contribution < -0.4 is 5.32 Å². The van der Waals surface area contributed by atoms with Gasteiger partial charge in [0.15, 0.2) is 0 Å². The molecule has 1 N–H and O–H groups in total. The van der Waals surface area contributed by atoms with Gasteiger partial charge in [-0.3, -0.25) is 0 Å². The molecule has 1 nitrogen and oxygen atoms in total. The standard InChI is InChI=1S/C19H33NS/c1-4-5-6-7-8-9-14-21-19-12-10-18(11-13-19)16-20-15-17(2)3/h10-13,17,20H,4-9,14-16H2,1-3H3. The van der Waals surface area contributed by atoms with Crippen LogP contribution in [0.25, 0.3) is 0 Å². The van der Waals surface area contributed by atoms with Crippen LogP contribution in [0.4, 0.5) is 0 Å².